The average Bonchev–Trinajstić information content (AvgIpc) is 2.41. The van der Waals surface area contributed by atoms with Crippen LogP contribution >= 0.6 is 0 Å². The minimum atomic E-state index is -0.889. The van der Waals surface area contributed by atoms with E-state index in [0.29, 0.717) is 10.9 Å². The van der Waals surface area contributed by atoms with Crippen molar-refractivity contribution in [2.75, 3.05) is 5.73 Å². The van der Waals surface area contributed by atoms with E-state index in [4.69, 9.17) is 5.73 Å². The van der Waals surface area contributed by atoms with Gasteiger partial charge in [0.15, 0.2) is 0 Å². The molecule has 18 heavy (non-hydrogen) atoms. The topological polar surface area (TPSA) is 43.1 Å². The summed E-state index contributed by atoms with van der Waals surface area (Å²) in [5, 5.41) is 0.327. The van der Waals surface area contributed by atoms with Gasteiger partial charge in [-0.15, -0.1) is 0 Å². The van der Waals surface area contributed by atoms with Crippen LogP contribution in [0.5, 0.6) is 0 Å². The van der Waals surface area contributed by atoms with Gasteiger partial charge in [0, 0.05) is 15.8 Å². The summed E-state index contributed by atoms with van der Waals surface area (Å²) < 4.78 is 12.6. The van der Waals surface area contributed by atoms with Crippen molar-refractivity contribution in [3.63, 3.8) is 0 Å². The number of hydrogen-bond acceptors (Lipinski definition) is 2. The molecule has 0 saturated heterocycles. The smallest absolute Gasteiger partial charge is 0.0564 e. The minimum Gasteiger partial charge on any atom is -0.399 e. The fourth-order valence-corrected chi connectivity index (χ4v) is 4.46. The number of anilines is 1. The van der Waals surface area contributed by atoms with Crippen LogP contribution in [0.2, 0.25) is 0 Å². The first-order valence-electron chi connectivity index (χ1n) is 6.88. The molecule has 0 aromatic heterocycles. The van der Waals surface area contributed by atoms with Crippen molar-refractivity contribution >= 4 is 16.5 Å². The molecule has 3 heteroatoms. The van der Waals surface area contributed by atoms with E-state index in [1.807, 2.05) is 25.1 Å². The van der Waals surface area contributed by atoms with E-state index in [-0.39, 0.29) is 0 Å². The van der Waals surface area contributed by atoms with Crippen LogP contribution in [0.15, 0.2) is 23.1 Å². The van der Waals surface area contributed by atoms with E-state index in [0.717, 1.165) is 29.2 Å². The van der Waals surface area contributed by atoms with Crippen molar-refractivity contribution < 1.29 is 4.21 Å². The SMILES string of the molecule is CCC1CCC(S(=O)c2cc(N)ccc2C)CC1. The summed E-state index contributed by atoms with van der Waals surface area (Å²) in [6, 6.07) is 5.74. The molecular weight excluding hydrogens is 242 g/mol. The molecule has 0 bridgehead atoms. The van der Waals surface area contributed by atoms with Crippen molar-refractivity contribution in [1.29, 1.82) is 0 Å². The van der Waals surface area contributed by atoms with Gasteiger partial charge >= 0.3 is 0 Å². The Kier molecular flexibility index (Phi) is 4.44. The third-order valence-electron chi connectivity index (χ3n) is 4.10. The Morgan fingerprint density at radius 1 is 1.28 bits per heavy atom. The van der Waals surface area contributed by atoms with Crippen molar-refractivity contribution in [3.05, 3.63) is 23.8 Å². The molecule has 2 rings (SSSR count). The Bertz CT molecular complexity index is 436. The van der Waals surface area contributed by atoms with Gasteiger partial charge in [0.05, 0.1) is 10.8 Å². The van der Waals surface area contributed by atoms with Crippen LogP contribution in [0.4, 0.5) is 5.69 Å². The number of benzene rings is 1. The van der Waals surface area contributed by atoms with Crippen LogP contribution in [-0.2, 0) is 10.8 Å². The summed E-state index contributed by atoms with van der Waals surface area (Å²) in [7, 11) is -0.889. The predicted molar refractivity (Wildman–Crippen MR) is 78.0 cm³/mol. The summed E-state index contributed by atoms with van der Waals surface area (Å²) >= 11 is 0. The highest BCUT2D eigenvalue weighted by molar-refractivity contribution is 7.85. The number of aryl methyl sites for hydroxylation is 1. The lowest BCUT2D eigenvalue weighted by Gasteiger charge is -2.27. The zero-order valence-electron chi connectivity index (χ0n) is 11.3. The van der Waals surface area contributed by atoms with Gasteiger partial charge in [0.25, 0.3) is 0 Å². The summed E-state index contributed by atoms with van der Waals surface area (Å²) in [6.45, 7) is 4.27. The molecule has 1 atom stereocenters. The Balaban J connectivity index is 2.10. The summed E-state index contributed by atoms with van der Waals surface area (Å²) in [5.74, 6) is 0.847. The Morgan fingerprint density at radius 2 is 1.94 bits per heavy atom. The largest absolute Gasteiger partial charge is 0.399 e. The van der Waals surface area contributed by atoms with Crippen molar-refractivity contribution in [3.8, 4) is 0 Å². The maximum absolute atomic E-state index is 12.6. The van der Waals surface area contributed by atoms with E-state index in [9.17, 15) is 4.21 Å². The molecule has 0 spiro atoms. The Morgan fingerprint density at radius 3 is 2.56 bits per heavy atom. The molecule has 1 aliphatic carbocycles. The summed E-state index contributed by atoms with van der Waals surface area (Å²) in [5.41, 5.74) is 7.62. The standard InChI is InChI=1S/C15H23NOS/c1-3-12-5-8-14(9-6-12)18(17)15-10-13(16)7-4-11(15)2/h4,7,10,12,14H,3,5-6,8-9,16H2,1-2H3. The van der Waals surface area contributed by atoms with Crippen LogP contribution in [0.3, 0.4) is 0 Å². The fraction of sp³-hybridized carbons (Fsp3) is 0.600. The molecule has 1 aromatic carbocycles. The molecule has 2 nitrogen and oxygen atoms in total. The average molecular weight is 265 g/mol. The maximum atomic E-state index is 12.6. The molecule has 0 amide bonds. The first kappa shape index (κ1) is 13.6. The van der Waals surface area contributed by atoms with Gasteiger partial charge in [-0.1, -0.05) is 19.4 Å². The van der Waals surface area contributed by atoms with Crippen LogP contribution in [0.1, 0.15) is 44.6 Å². The highest BCUT2D eigenvalue weighted by Gasteiger charge is 2.26. The lowest BCUT2D eigenvalue weighted by molar-refractivity contribution is 0.353. The van der Waals surface area contributed by atoms with Crippen LogP contribution in [0.25, 0.3) is 0 Å². The molecule has 1 saturated carbocycles. The third kappa shape index (κ3) is 2.94. The lowest BCUT2D eigenvalue weighted by atomic mass is 9.87. The fourth-order valence-electron chi connectivity index (χ4n) is 2.77. The van der Waals surface area contributed by atoms with Crippen molar-refractivity contribution in [1.82, 2.24) is 0 Å². The first-order valence-corrected chi connectivity index (χ1v) is 8.09. The second-order valence-electron chi connectivity index (χ2n) is 5.37. The van der Waals surface area contributed by atoms with E-state index in [2.05, 4.69) is 6.92 Å². The predicted octanol–water partition coefficient (Wildman–Crippen LogP) is 3.65. The van der Waals surface area contributed by atoms with Gasteiger partial charge in [0.2, 0.25) is 0 Å². The maximum Gasteiger partial charge on any atom is 0.0564 e. The second-order valence-corrected chi connectivity index (χ2v) is 7.07. The molecular formula is C15H23NOS. The number of hydrogen-bond donors (Lipinski definition) is 1. The molecule has 1 aromatic rings. The minimum absolute atomic E-state index is 0.327. The van der Waals surface area contributed by atoms with E-state index in [1.54, 1.807) is 0 Å². The number of rotatable bonds is 3. The van der Waals surface area contributed by atoms with Gasteiger partial charge < -0.3 is 5.73 Å². The van der Waals surface area contributed by atoms with Gasteiger partial charge in [0.1, 0.15) is 0 Å². The zero-order chi connectivity index (χ0) is 13.1. The molecule has 0 radical (unpaired) electrons. The number of nitrogens with two attached hydrogens (primary N) is 1. The zero-order valence-corrected chi connectivity index (χ0v) is 12.1. The highest BCUT2D eigenvalue weighted by Crippen LogP contribution is 2.32. The monoisotopic (exact) mass is 265 g/mol. The summed E-state index contributed by atoms with van der Waals surface area (Å²) in [4.78, 5) is 0.940. The van der Waals surface area contributed by atoms with E-state index in [1.165, 1.54) is 19.3 Å². The van der Waals surface area contributed by atoms with Crippen LogP contribution in [0, 0.1) is 12.8 Å². The van der Waals surface area contributed by atoms with E-state index < -0.39 is 10.8 Å². The molecule has 0 heterocycles. The van der Waals surface area contributed by atoms with Crippen LogP contribution < -0.4 is 5.73 Å². The molecule has 0 aliphatic heterocycles. The second kappa shape index (κ2) is 5.87. The highest BCUT2D eigenvalue weighted by atomic mass is 32.2. The molecule has 1 unspecified atom stereocenters. The molecule has 100 valence electrons. The quantitative estimate of drug-likeness (QED) is 0.848. The normalized spacial score (nSPS) is 25.9. The third-order valence-corrected chi connectivity index (χ3v) is 6.05. The first-order chi connectivity index (χ1) is 8.61. The van der Waals surface area contributed by atoms with Gasteiger partial charge in [-0.3, -0.25) is 4.21 Å². The molecule has 2 N–H and O–H groups in total. The molecule has 1 aliphatic rings. The van der Waals surface area contributed by atoms with Gasteiger partial charge in [-0.05, 0) is 56.2 Å². The van der Waals surface area contributed by atoms with Gasteiger partial charge in [-0.25, -0.2) is 0 Å². The van der Waals surface area contributed by atoms with Crippen molar-refractivity contribution in [2.24, 2.45) is 5.92 Å². The lowest BCUT2D eigenvalue weighted by Crippen LogP contribution is -2.23. The molecule has 1 fully saturated rings. The van der Waals surface area contributed by atoms with E-state index >= 15 is 0 Å². The van der Waals surface area contributed by atoms with Crippen LogP contribution in [-0.4, -0.2) is 9.46 Å². The number of nitrogen functional groups attached to an aromatic ring is 1. The Hall–Kier alpha value is -0.830. The summed E-state index contributed by atoms with van der Waals surface area (Å²) in [6.07, 6.45) is 5.91. The van der Waals surface area contributed by atoms with Gasteiger partial charge in [-0.2, -0.15) is 0 Å². The Labute approximate surface area is 112 Å². The van der Waals surface area contributed by atoms with Crippen molar-refractivity contribution in [2.45, 2.75) is 56.1 Å².